The van der Waals surface area contributed by atoms with E-state index in [0.29, 0.717) is 41.7 Å². The standard InChI is InChI=1S/C17H21N3O5/c1-10-12(6-19-16(23)17(9-21)7-18-8-17)20-15(25-10)11-3-4-13(22)14(5-11)24-2/h3-5,18,21-22H,6-9H2,1-2H3,(H,19,23). The van der Waals surface area contributed by atoms with Crippen molar-refractivity contribution in [3.05, 3.63) is 29.7 Å². The average Bonchev–Trinajstić information content (AvgIpc) is 2.94. The number of aryl methyl sites for hydroxylation is 1. The van der Waals surface area contributed by atoms with Crippen LogP contribution in [-0.2, 0) is 11.3 Å². The number of methoxy groups -OCH3 is 1. The van der Waals surface area contributed by atoms with Crippen molar-refractivity contribution in [2.75, 3.05) is 26.8 Å². The highest BCUT2D eigenvalue weighted by Gasteiger charge is 2.43. The smallest absolute Gasteiger partial charge is 0.231 e. The van der Waals surface area contributed by atoms with Gasteiger partial charge in [-0.15, -0.1) is 0 Å². The molecular weight excluding hydrogens is 326 g/mol. The number of rotatable bonds is 6. The number of carbonyl (C=O) groups is 1. The van der Waals surface area contributed by atoms with Crippen molar-refractivity contribution in [2.24, 2.45) is 5.41 Å². The molecule has 0 radical (unpaired) electrons. The molecule has 0 aliphatic carbocycles. The number of carbonyl (C=O) groups excluding carboxylic acids is 1. The fourth-order valence-corrected chi connectivity index (χ4v) is 2.65. The molecule has 0 unspecified atom stereocenters. The summed E-state index contributed by atoms with van der Waals surface area (Å²) in [6.45, 7) is 2.72. The number of phenols is 1. The van der Waals surface area contributed by atoms with Crippen molar-refractivity contribution in [3.63, 3.8) is 0 Å². The Labute approximate surface area is 144 Å². The number of hydrogen-bond donors (Lipinski definition) is 4. The summed E-state index contributed by atoms with van der Waals surface area (Å²) in [5, 5.41) is 24.9. The molecule has 2 heterocycles. The summed E-state index contributed by atoms with van der Waals surface area (Å²) in [5.41, 5.74) is 0.520. The molecule has 0 bridgehead atoms. The lowest BCUT2D eigenvalue weighted by molar-refractivity contribution is -0.137. The number of ether oxygens (including phenoxy) is 1. The second kappa shape index (κ2) is 6.73. The maximum Gasteiger partial charge on any atom is 0.231 e. The van der Waals surface area contributed by atoms with E-state index in [9.17, 15) is 15.0 Å². The lowest BCUT2D eigenvalue weighted by Gasteiger charge is -2.39. The summed E-state index contributed by atoms with van der Waals surface area (Å²) in [4.78, 5) is 16.7. The molecule has 0 saturated carbocycles. The first-order valence-corrected chi connectivity index (χ1v) is 7.92. The van der Waals surface area contributed by atoms with E-state index in [1.807, 2.05) is 0 Å². The maximum absolute atomic E-state index is 12.2. The molecule has 1 aliphatic heterocycles. The van der Waals surface area contributed by atoms with Crippen molar-refractivity contribution < 1.29 is 24.2 Å². The molecule has 1 saturated heterocycles. The van der Waals surface area contributed by atoms with Gasteiger partial charge in [-0.25, -0.2) is 4.98 Å². The Morgan fingerprint density at radius 1 is 1.48 bits per heavy atom. The number of aromatic hydroxyl groups is 1. The summed E-state index contributed by atoms with van der Waals surface area (Å²) in [6, 6.07) is 4.81. The highest BCUT2D eigenvalue weighted by Crippen LogP contribution is 2.31. The average molecular weight is 347 g/mol. The van der Waals surface area contributed by atoms with Crippen LogP contribution in [0.4, 0.5) is 0 Å². The van der Waals surface area contributed by atoms with Gasteiger partial charge in [-0.3, -0.25) is 4.79 Å². The summed E-state index contributed by atoms with van der Waals surface area (Å²) in [7, 11) is 1.47. The lowest BCUT2D eigenvalue weighted by Crippen LogP contribution is -2.63. The number of nitrogens with zero attached hydrogens (tertiary/aromatic N) is 1. The van der Waals surface area contributed by atoms with Crippen molar-refractivity contribution >= 4 is 5.91 Å². The molecule has 0 atom stereocenters. The van der Waals surface area contributed by atoms with Crippen molar-refractivity contribution in [2.45, 2.75) is 13.5 Å². The van der Waals surface area contributed by atoms with Crippen LogP contribution in [0.2, 0.25) is 0 Å². The first kappa shape index (κ1) is 17.2. The number of amides is 1. The molecule has 8 heteroatoms. The third kappa shape index (κ3) is 3.18. The highest BCUT2D eigenvalue weighted by atomic mass is 16.5. The minimum absolute atomic E-state index is 0.0328. The van der Waals surface area contributed by atoms with Crippen LogP contribution in [0.25, 0.3) is 11.5 Å². The van der Waals surface area contributed by atoms with Crippen molar-refractivity contribution in [1.82, 2.24) is 15.6 Å². The zero-order chi connectivity index (χ0) is 18.0. The number of hydrogen-bond acceptors (Lipinski definition) is 7. The number of phenolic OH excluding ortho intramolecular Hbond substituents is 1. The number of aromatic nitrogens is 1. The van der Waals surface area contributed by atoms with E-state index in [0.717, 1.165) is 0 Å². The number of nitrogens with one attached hydrogen (secondary N) is 2. The Bertz CT molecular complexity index is 777. The van der Waals surface area contributed by atoms with Crippen molar-refractivity contribution in [1.29, 1.82) is 0 Å². The third-order valence-electron chi connectivity index (χ3n) is 4.45. The van der Waals surface area contributed by atoms with Crippen LogP contribution < -0.4 is 15.4 Å². The summed E-state index contributed by atoms with van der Waals surface area (Å²) >= 11 is 0. The maximum atomic E-state index is 12.2. The van der Waals surface area contributed by atoms with Crippen LogP contribution in [0.5, 0.6) is 11.5 Å². The molecule has 0 spiro atoms. The molecule has 4 N–H and O–H groups in total. The van der Waals surface area contributed by atoms with Gasteiger partial charge < -0.3 is 30.0 Å². The van der Waals surface area contributed by atoms with Crippen LogP contribution in [0.1, 0.15) is 11.5 Å². The van der Waals surface area contributed by atoms with Gasteiger partial charge in [0.15, 0.2) is 11.5 Å². The van der Waals surface area contributed by atoms with Gasteiger partial charge in [0.2, 0.25) is 11.8 Å². The van der Waals surface area contributed by atoms with Gasteiger partial charge in [0, 0.05) is 18.7 Å². The van der Waals surface area contributed by atoms with E-state index in [-0.39, 0.29) is 24.8 Å². The summed E-state index contributed by atoms with van der Waals surface area (Å²) in [6.07, 6.45) is 0. The quantitative estimate of drug-likeness (QED) is 0.603. The van der Waals surface area contributed by atoms with E-state index in [1.165, 1.54) is 13.2 Å². The predicted octanol–water partition coefficient (Wildman–Crippen LogP) is 0.562. The van der Waals surface area contributed by atoms with E-state index < -0.39 is 5.41 Å². The molecule has 8 nitrogen and oxygen atoms in total. The zero-order valence-corrected chi connectivity index (χ0v) is 14.1. The van der Waals surface area contributed by atoms with Gasteiger partial charge in [-0.05, 0) is 25.1 Å². The van der Waals surface area contributed by atoms with Gasteiger partial charge in [0.1, 0.15) is 11.5 Å². The minimum Gasteiger partial charge on any atom is -0.504 e. The minimum atomic E-state index is -0.745. The Hall–Kier alpha value is -2.58. The molecule has 134 valence electrons. The molecule has 1 aromatic carbocycles. The lowest BCUT2D eigenvalue weighted by atomic mass is 9.81. The van der Waals surface area contributed by atoms with Gasteiger partial charge in [-0.2, -0.15) is 0 Å². The third-order valence-corrected chi connectivity index (χ3v) is 4.45. The number of oxazole rings is 1. The van der Waals surface area contributed by atoms with Crippen LogP contribution in [0.3, 0.4) is 0 Å². The van der Waals surface area contributed by atoms with Crippen LogP contribution >= 0.6 is 0 Å². The Morgan fingerprint density at radius 3 is 2.84 bits per heavy atom. The monoisotopic (exact) mass is 347 g/mol. The van der Waals surface area contributed by atoms with Crippen LogP contribution in [0.15, 0.2) is 22.6 Å². The second-order valence-electron chi connectivity index (χ2n) is 6.13. The van der Waals surface area contributed by atoms with E-state index >= 15 is 0 Å². The molecule has 1 aliphatic rings. The van der Waals surface area contributed by atoms with E-state index in [2.05, 4.69) is 15.6 Å². The normalized spacial score (nSPS) is 15.5. The second-order valence-corrected chi connectivity index (χ2v) is 6.13. The predicted molar refractivity (Wildman–Crippen MR) is 89.1 cm³/mol. The molecule has 25 heavy (non-hydrogen) atoms. The Balaban J connectivity index is 1.73. The van der Waals surface area contributed by atoms with Crippen molar-refractivity contribution in [3.8, 4) is 23.0 Å². The van der Waals surface area contributed by atoms with Crippen LogP contribution in [0, 0.1) is 12.3 Å². The Kier molecular flexibility index (Phi) is 4.65. The summed E-state index contributed by atoms with van der Waals surface area (Å²) in [5.74, 6) is 1.12. The Morgan fingerprint density at radius 2 is 2.24 bits per heavy atom. The zero-order valence-electron chi connectivity index (χ0n) is 14.1. The fourth-order valence-electron chi connectivity index (χ4n) is 2.65. The molecule has 1 amide bonds. The largest absolute Gasteiger partial charge is 0.504 e. The van der Waals surface area contributed by atoms with E-state index in [4.69, 9.17) is 9.15 Å². The molecule has 1 fully saturated rings. The first-order valence-electron chi connectivity index (χ1n) is 7.92. The molecule has 2 aromatic rings. The fraction of sp³-hybridized carbons (Fsp3) is 0.412. The van der Waals surface area contributed by atoms with Gasteiger partial charge in [0.25, 0.3) is 0 Å². The van der Waals surface area contributed by atoms with Gasteiger partial charge >= 0.3 is 0 Å². The van der Waals surface area contributed by atoms with E-state index in [1.54, 1.807) is 19.1 Å². The SMILES string of the molecule is COc1cc(-c2nc(CNC(=O)C3(CO)CNC3)c(C)o2)ccc1O. The molecule has 1 aromatic heterocycles. The number of benzene rings is 1. The topological polar surface area (TPSA) is 117 Å². The molecule has 3 rings (SSSR count). The number of aliphatic hydroxyl groups is 1. The van der Waals surface area contributed by atoms with Crippen LogP contribution in [-0.4, -0.2) is 47.9 Å². The molecular formula is C17H21N3O5. The number of aliphatic hydroxyl groups excluding tert-OH is 1. The van der Waals surface area contributed by atoms with Gasteiger partial charge in [-0.1, -0.05) is 0 Å². The summed E-state index contributed by atoms with van der Waals surface area (Å²) < 4.78 is 10.7. The highest BCUT2D eigenvalue weighted by molar-refractivity contribution is 5.84. The van der Waals surface area contributed by atoms with Gasteiger partial charge in [0.05, 0.1) is 25.7 Å². The first-order chi connectivity index (χ1) is 12.0.